The Kier molecular flexibility index (Phi) is 5.97. The second kappa shape index (κ2) is 7.49. The first-order chi connectivity index (χ1) is 8.85. The minimum atomic E-state index is 0.753. The van der Waals surface area contributed by atoms with E-state index in [4.69, 9.17) is 0 Å². The first-order valence-electron chi connectivity index (χ1n) is 8.32. The summed E-state index contributed by atoms with van der Waals surface area (Å²) in [4.78, 5) is 2.83. The molecule has 106 valence electrons. The van der Waals surface area contributed by atoms with Crippen molar-refractivity contribution in [3.8, 4) is 0 Å². The molecule has 2 rings (SSSR count). The highest BCUT2D eigenvalue weighted by Gasteiger charge is 2.32. The van der Waals surface area contributed by atoms with Crippen molar-refractivity contribution in [1.29, 1.82) is 0 Å². The zero-order valence-corrected chi connectivity index (χ0v) is 12.5. The van der Waals surface area contributed by atoms with Gasteiger partial charge in [-0.2, -0.15) is 0 Å². The molecule has 0 spiro atoms. The molecular weight excluding hydrogens is 220 g/mol. The average molecular weight is 252 g/mol. The van der Waals surface area contributed by atoms with E-state index in [1.54, 1.807) is 0 Å². The zero-order chi connectivity index (χ0) is 12.8. The summed E-state index contributed by atoms with van der Waals surface area (Å²) >= 11 is 0. The second-order valence-electron chi connectivity index (χ2n) is 6.31. The lowest BCUT2D eigenvalue weighted by atomic mass is 10.00. The molecule has 1 N–H and O–H groups in total. The smallest absolute Gasteiger partial charge is 0.0249 e. The second-order valence-corrected chi connectivity index (χ2v) is 6.31. The monoisotopic (exact) mass is 252 g/mol. The van der Waals surface area contributed by atoms with E-state index < -0.39 is 0 Å². The van der Waals surface area contributed by atoms with Crippen LogP contribution in [0.2, 0.25) is 0 Å². The van der Waals surface area contributed by atoms with E-state index >= 15 is 0 Å². The Labute approximate surface area is 114 Å². The predicted octanol–water partition coefficient (Wildman–Crippen LogP) is 3.42. The van der Waals surface area contributed by atoms with Crippen molar-refractivity contribution in [2.45, 2.75) is 77.3 Å². The molecule has 0 heterocycles. The predicted molar refractivity (Wildman–Crippen MR) is 78.9 cm³/mol. The van der Waals surface area contributed by atoms with E-state index in [1.807, 2.05) is 0 Å². The molecule has 2 aliphatic rings. The molecule has 0 aromatic heterocycles. The fourth-order valence-corrected chi connectivity index (χ4v) is 3.54. The Balaban J connectivity index is 1.96. The van der Waals surface area contributed by atoms with Gasteiger partial charge in [-0.25, -0.2) is 0 Å². The van der Waals surface area contributed by atoms with E-state index in [2.05, 4.69) is 24.1 Å². The normalized spacial score (nSPS) is 29.5. The third kappa shape index (κ3) is 4.24. The lowest BCUT2D eigenvalue weighted by Gasteiger charge is -2.37. The van der Waals surface area contributed by atoms with Gasteiger partial charge in [-0.05, 0) is 51.1 Å². The summed E-state index contributed by atoms with van der Waals surface area (Å²) in [6.45, 7) is 8.40. The summed E-state index contributed by atoms with van der Waals surface area (Å²) in [7, 11) is 0. The summed E-state index contributed by atoms with van der Waals surface area (Å²) in [5, 5.41) is 3.77. The summed E-state index contributed by atoms with van der Waals surface area (Å²) in [6.07, 6.45) is 11.4. The Bertz CT molecular complexity index is 225. The number of hydrogen-bond acceptors (Lipinski definition) is 2. The van der Waals surface area contributed by atoms with Crippen LogP contribution in [0.4, 0.5) is 0 Å². The molecule has 0 saturated heterocycles. The van der Waals surface area contributed by atoms with Crippen molar-refractivity contribution in [1.82, 2.24) is 10.2 Å². The van der Waals surface area contributed by atoms with Crippen molar-refractivity contribution >= 4 is 0 Å². The van der Waals surface area contributed by atoms with Gasteiger partial charge in [0, 0.05) is 18.6 Å². The lowest BCUT2D eigenvalue weighted by molar-refractivity contribution is 0.142. The number of rotatable bonds is 7. The largest absolute Gasteiger partial charge is 0.313 e. The van der Waals surface area contributed by atoms with Crippen LogP contribution in [-0.2, 0) is 0 Å². The Morgan fingerprint density at radius 2 is 1.78 bits per heavy atom. The van der Waals surface area contributed by atoms with Gasteiger partial charge >= 0.3 is 0 Å². The van der Waals surface area contributed by atoms with Crippen LogP contribution in [0.15, 0.2) is 0 Å². The van der Waals surface area contributed by atoms with Crippen molar-refractivity contribution in [3.05, 3.63) is 0 Å². The minimum absolute atomic E-state index is 0.753. The van der Waals surface area contributed by atoms with Crippen LogP contribution in [0, 0.1) is 5.92 Å². The van der Waals surface area contributed by atoms with Crippen LogP contribution in [0.3, 0.4) is 0 Å². The number of nitrogens with one attached hydrogen (secondary N) is 1. The maximum Gasteiger partial charge on any atom is 0.0249 e. The van der Waals surface area contributed by atoms with Crippen molar-refractivity contribution < 1.29 is 0 Å². The number of hydrogen-bond donors (Lipinski definition) is 1. The minimum Gasteiger partial charge on any atom is -0.313 e. The Morgan fingerprint density at radius 3 is 2.44 bits per heavy atom. The first kappa shape index (κ1) is 14.3. The fraction of sp³-hybridized carbons (Fsp3) is 1.00. The van der Waals surface area contributed by atoms with Gasteiger partial charge in [-0.3, -0.25) is 4.90 Å². The van der Waals surface area contributed by atoms with Gasteiger partial charge in [0.2, 0.25) is 0 Å². The maximum atomic E-state index is 3.77. The average Bonchev–Trinajstić information content (AvgIpc) is 3.16. The number of likely N-dealkylation sites (N-methyl/N-ethyl adjacent to an activating group) is 1. The molecule has 2 atom stereocenters. The number of nitrogens with zero attached hydrogens (tertiary/aromatic N) is 1. The van der Waals surface area contributed by atoms with Gasteiger partial charge in [-0.1, -0.05) is 33.1 Å². The molecule has 0 radical (unpaired) electrons. The van der Waals surface area contributed by atoms with Crippen LogP contribution in [-0.4, -0.2) is 36.6 Å². The van der Waals surface area contributed by atoms with Gasteiger partial charge in [-0.15, -0.1) is 0 Å². The molecule has 0 amide bonds. The molecule has 0 aliphatic heterocycles. The van der Waals surface area contributed by atoms with Gasteiger partial charge in [0.15, 0.2) is 0 Å². The summed E-state index contributed by atoms with van der Waals surface area (Å²) in [5.41, 5.74) is 0. The first-order valence-corrected chi connectivity index (χ1v) is 8.32. The molecular formula is C16H32N2. The highest BCUT2D eigenvalue weighted by atomic mass is 15.2. The van der Waals surface area contributed by atoms with E-state index in [0.717, 1.165) is 24.5 Å². The molecule has 2 saturated carbocycles. The van der Waals surface area contributed by atoms with E-state index in [1.165, 1.54) is 64.5 Å². The molecule has 0 bridgehead atoms. The quantitative estimate of drug-likeness (QED) is 0.698. The van der Waals surface area contributed by atoms with Crippen LogP contribution in [0.5, 0.6) is 0 Å². The van der Waals surface area contributed by atoms with Crippen molar-refractivity contribution in [3.63, 3.8) is 0 Å². The summed E-state index contributed by atoms with van der Waals surface area (Å²) in [5.74, 6) is 1.03. The molecule has 0 aromatic rings. The van der Waals surface area contributed by atoms with Gasteiger partial charge in [0.05, 0.1) is 0 Å². The Morgan fingerprint density at radius 1 is 1.00 bits per heavy atom. The molecule has 0 aromatic carbocycles. The third-order valence-electron chi connectivity index (χ3n) is 4.62. The van der Waals surface area contributed by atoms with Crippen LogP contribution in [0.25, 0.3) is 0 Å². The fourth-order valence-electron chi connectivity index (χ4n) is 3.54. The van der Waals surface area contributed by atoms with E-state index in [-0.39, 0.29) is 0 Å². The van der Waals surface area contributed by atoms with Gasteiger partial charge in [0.1, 0.15) is 0 Å². The summed E-state index contributed by atoms with van der Waals surface area (Å²) < 4.78 is 0. The van der Waals surface area contributed by atoms with E-state index in [9.17, 15) is 0 Å². The molecule has 18 heavy (non-hydrogen) atoms. The van der Waals surface area contributed by atoms with Gasteiger partial charge in [0.25, 0.3) is 0 Å². The Hall–Kier alpha value is -0.0800. The van der Waals surface area contributed by atoms with Crippen LogP contribution in [0.1, 0.15) is 65.2 Å². The summed E-state index contributed by atoms with van der Waals surface area (Å²) in [6, 6.07) is 1.57. The van der Waals surface area contributed by atoms with Crippen molar-refractivity contribution in [2.75, 3.05) is 19.6 Å². The van der Waals surface area contributed by atoms with Crippen LogP contribution >= 0.6 is 0 Å². The SMILES string of the molecule is CCCN(CC1CC1)C1CCCCCC1NCC. The molecule has 2 heteroatoms. The molecule has 2 fully saturated rings. The van der Waals surface area contributed by atoms with Crippen LogP contribution < -0.4 is 5.32 Å². The zero-order valence-electron chi connectivity index (χ0n) is 12.5. The van der Waals surface area contributed by atoms with E-state index in [0.29, 0.717) is 0 Å². The topological polar surface area (TPSA) is 15.3 Å². The highest BCUT2D eigenvalue weighted by Crippen LogP contribution is 2.32. The standard InChI is InChI=1S/C16H32N2/c1-3-12-18(13-14-10-11-14)16-9-7-5-6-8-15(16)17-4-2/h14-17H,3-13H2,1-2H3. The lowest BCUT2D eigenvalue weighted by Crippen LogP contribution is -2.50. The maximum absolute atomic E-state index is 3.77. The van der Waals surface area contributed by atoms with Gasteiger partial charge < -0.3 is 5.32 Å². The third-order valence-corrected chi connectivity index (χ3v) is 4.62. The molecule has 2 unspecified atom stereocenters. The highest BCUT2D eigenvalue weighted by molar-refractivity contribution is 4.89. The molecule has 2 nitrogen and oxygen atoms in total. The van der Waals surface area contributed by atoms with Crippen molar-refractivity contribution in [2.24, 2.45) is 5.92 Å². The molecule has 2 aliphatic carbocycles.